The number of carboxylic acids is 1. The standard InChI is InChI=1S/C21H14ClNO3/c1-12-6-7-17-14(10-12)15(21(24)25)11-18(23-17)20-9-8-19(26-20)13-4-2-3-5-16(13)22/h2-11H,1H3,(H,24,25)/p-1. The first kappa shape index (κ1) is 16.4. The summed E-state index contributed by atoms with van der Waals surface area (Å²) in [5, 5.41) is 12.7. The first-order valence-corrected chi connectivity index (χ1v) is 8.38. The van der Waals surface area contributed by atoms with Gasteiger partial charge in [-0.3, -0.25) is 0 Å². The molecule has 0 bridgehead atoms. The normalized spacial score (nSPS) is 11.0. The Balaban J connectivity index is 1.86. The van der Waals surface area contributed by atoms with Crippen LogP contribution in [0.25, 0.3) is 33.7 Å². The maximum atomic E-state index is 11.6. The molecule has 0 spiro atoms. The highest BCUT2D eigenvalue weighted by Crippen LogP contribution is 2.33. The van der Waals surface area contributed by atoms with Gasteiger partial charge in [-0.2, -0.15) is 0 Å². The first-order valence-electron chi connectivity index (χ1n) is 8.01. The summed E-state index contributed by atoms with van der Waals surface area (Å²) in [5.41, 5.74) is 2.80. The Kier molecular flexibility index (Phi) is 3.98. The molecule has 0 fully saturated rings. The number of hydrogen-bond acceptors (Lipinski definition) is 4. The highest BCUT2D eigenvalue weighted by Gasteiger charge is 2.13. The van der Waals surface area contributed by atoms with Crippen molar-refractivity contribution in [3.05, 3.63) is 76.8 Å². The molecule has 2 aromatic carbocycles. The molecule has 0 saturated heterocycles. The van der Waals surface area contributed by atoms with Crippen LogP contribution in [-0.2, 0) is 0 Å². The minimum absolute atomic E-state index is 0.0874. The molecular weight excluding hydrogens is 350 g/mol. The number of halogens is 1. The van der Waals surface area contributed by atoms with Crippen molar-refractivity contribution in [2.45, 2.75) is 6.92 Å². The predicted molar refractivity (Wildman–Crippen MR) is 99.0 cm³/mol. The third-order valence-electron chi connectivity index (χ3n) is 4.18. The van der Waals surface area contributed by atoms with E-state index < -0.39 is 5.97 Å². The Bertz CT molecular complexity index is 1150. The van der Waals surface area contributed by atoms with Crippen molar-refractivity contribution in [3.8, 4) is 22.8 Å². The Morgan fingerprint density at radius 1 is 1.04 bits per heavy atom. The molecule has 2 heterocycles. The van der Waals surface area contributed by atoms with Crippen LogP contribution in [0.5, 0.6) is 0 Å². The van der Waals surface area contributed by atoms with Crippen LogP contribution in [0, 0.1) is 6.92 Å². The summed E-state index contributed by atoms with van der Waals surface area (Å²) in [5.74, 6) is -0.196. The van der Waals surface area contributed by atoms with Crippen LogP contribution in [0.3, 0.4) is 0 Å². The van der Waals surface area contributed by atoms with Crippen molar-refractivity contribution >= 4 is 28.5 Å². The Hall–Kier alpha value is -3.11. The van der Waals surface area contributed by atoms with Crippen molar-refractivity contribution in [2.75, 3.05) is 0 Å². The maximum Gasteiger partial charge on any atom is 0.153 e. The molecule has 0 unspecified atom stereocenters. The Labute approximate surface area is 154 Å². The third-order valence-corrected chi connectivity index (χ3v) is 4.51. The predicted octanol–water partition coefficient (Wildman–Crippen LogP) is 4.49. The molecule has 26 heavy (non-hydrogen) atoms. The highest BCUT2D eigenvalue weighted by molar-refractivity contribution is 6.33. The van der Waals surface area contributed by atoms with E-state index in [1.807, 2.05) is 31.2 Å². The van der Waals surface area contributed by atoms with Gasteiger partial charge in [0.2, 0.25) is 0 Å². The van der Waals surface area contributed by atoms with E-state index >= 15 is 0 Å². The van der Waals surface area contributed by atoms with E-state index in [1.165, 1.54) is 6.07 Å². The molecule has 0 aliphatic heterocycles. The van der Waals surface area contributed by atoms with Gasteiger partial charge in [0.25, 0.3) is 0 Å². The number of fused-ring (bicyclic) bond motifs is 1. The number of carbonyl (C=O) groups is 1. The fourth-order valence-electron chi connectivity index (χ4n) is 2.92. The number of aryl methyl sites for hydroxylation is 1. The highest BCUT2D eigenvalue weighted by atomic mass is 35.5. The number of aromatic carboxylic acids is 1. The summed E-state index contributed by atoms with van der Waals surface area (Å²) < 4.78 is 5.88. The van der Waals surface area contributed by atoms with Crippen molar-refractivity contribution in [1.29, 1.82) is 0 Å². The van der Waals surface area contributed by atoms with Gasteiger partial charge in [-0.15, -0.1) is 0 Å². The molecule has 0 atom stereocenters. The number of rotatable bonds is 3. The number of nitrogens with zero attached hydrogens (tertiary/aromatic N) is 1. The number of pyridine rings is 1. The SMILES string of the molecule is Cc1ccc2nc(-c3ccc(-c4ccccc4Cl)o3)cc(C(=O)[O-])c2c1. The lowest BCUT2D eigenvalue weighted by atomic mass is 10.0. The van der Waals surface area contributed by atoms with E-state index in [0.717, 1.165) is 11.1 Å². The van der Waals surface area contributed by atoms with Crippen molar-refractivity contribution in [3.63, 3.8) is 0 Å². The monoisotopic (exact) mass is 362 g/mol. The van der Waals surface area contributed by atoms with Gasteiger partial charge in [-0.25, -0.2) is 4.98 Å². The van der Waals surface area contributed by atoms with Gasteiger partial charge in [0.15, 0.2) is 5.76 Å². The van der Waals surface area contributed by atoms with E-state index in [2.05, 4.69) is 4.98 Å². The molecular formula is C21H13ClNO3-. The first-order chi connectivity index (χ1) is 12.5. The average molecular weight is 363 g/mol. The largest absolute Gasteiger partial charge is 0.545 e. The fraction of sp³-hybridized carbons (Fsp3) is 0.0476. The van der Waals surface area contributed by atoms with Crippen LogP contribution in [0.15, 0.2) is 65.1 Å². The fourth-order valence-corrected chi connectivity index (χ4v) is 3.14. The Morgan fingerprint density at radius 2 is 1.81 bits per heavy atom. The van der Waals surface area contributed by atoms with E-state index in [0.29, 0.717) is 33.1 Å². The van der Waals surface area contributed by atoms with Gasteiger partial charge in [-0.1, -0.05) is 35.4 Å². The summed E-state index contributed by atoms with van der Waals surface area (Å²) in [6.45, 7) is 1.90. The second-order valence-corrected chi connectivity index (χ2v) is 6.41. The zero-order valence-electron chi connectivity index (χ0n) is 13.8. The lowest BCUT2D eigenvalue weighted by molar-refractivity contribution is -0.254. The lowest BCUT2D eigenvalue weighted by Gasteiger charge is -2.10. The topological polar surface area (TPSA) is 66.2 Å². The number of aromatic nitrogens is 1. The van der Waals surface area contributed by atoms with Crippen molar-refractivity contribution in [1.82, 2.24) is 4.98 Å². The summed E-state index contributed by atoms with van der Waals surface area (Å²) in [6.07, 6.45) is 0. The summed E-state index contributed by atoms with van der Waals surface area (Å²) in [6, 6.07) is 17.8. The second-order valence-electron chi connectivity index (χ2n) is 6.01. The molecule has 5 heteroatoms. The van der Waals surface area contributed by atoms with Gasteiger partial charge < -0.3 is 14.3 Å². The Morgan fingerprint density at radius 3 is 2.58 bits per heavy atom. The summed E-state index contributed by atoms with van der Waals surface area (Å²) in [7, 11) is 0. The van der Waals surface area contributed by atoms with Crippen LogP contribution in [0.2, 0.25) is 5.02 Å². The van der Waals surface area contributed by atoms with Gasteiger partial charge >= 0.3 is 0 Å². The lowest BCUT2D eigenvalue weighted by Crippen LogP contribution is -2.22. The number of carbonyl (C=O) groups excluding carboxylic acids is 1. The molecule has 2 aromatic heterocycles. The van der Waals surface area contributed by atoms with Crippen molar-refractivity contribution < 1.29 is 14.3 Å². The molecule has 4 rings (SSSR count). The minimum Gasteiger partial charge on any atom is -0.545 e. The van der Waals surface area contributed by atoms with Crippen LogP contribution in [-0.4, -0.2) is 11.0 Å². The molecule has 4 aromatic rings. The quantitative estimate of drug-likeness (QED) is 0.538. The minimum atomic E-state index is -1.25. The van der Waals surface area contributed by atoms with Gasteiger partial charge in [-0.05, 0) is 49.4 Å². The second kappa shape index (κ2) is 6.32. The molecule has 0 saturated carbocycles. The molecule has 0 amide bonds. The molecule has 128 valence electrons. The molecule has 0 radical (unpaired) electrons. The molecule has 0 aliphatic rings. The van der Waals surface area contributed by atoms with Crippen LogP contribution in [0.4, 0.5) is 0 Å². The average Bonchev–Trinajstić information content (AvgIpc) is 3.11. The maximum absolute atomic E-state index is 11.6. The molecule has 0 N–H and O–H groups in total. The van der Waals surface area contributed by atoms with E-state index in [4.69, 9.17) is 16.0 Å². The van der Waals surface area contributed by atoms with Crippen LogP contribution < -0.4 is 5.11 Å². The summed E-state index contributed by atoms with van der Waals surface area (Å²) >= 11 is 6.21. The number of furan rings is 1. The van der Waals surface area contributed by atoms with E-state index in [-0.39, 0.29) is 5.56 Å². The zero-order valence-corrected chi connectivity index (χ0v) is 14.6. The number of hydrogen-bond donors (Lipinski definition) is 0. The van der Waals surface area contributed by atoms with Gasteiger partial charge in [0.1, 0.15) is 11.5 Å². The third kappa shape index (κ3) is 2.85. The van der Waals surface area contributed by atoms with Gasteiger partial charge in [0, 0.05) is 16.5 Å². The van der Waals surface area contributed by atoms with E-state index in [1.54, 1.807) is 30.3 Å². The molecule has 4 nitrogen and oxygen atoms in total. The molecule has 0 aliphatic carbocycles. The van der Waals surface area contributed by atoms with Crippen LogP contribution >= 0.6 is 11.6 Å². The number of carboxylic acid groups (broad SMARTS) is 1. The number of benzene rings is 2. The van der Waals surface area contributed by atoms with E-state index in [9.17, 15) is 9.90 Å². The van der Waals surface area contributed by atoms with Crippen LogP contribution in [0.1, 0.15) is 15.9 Å². The zero-order chi connectivity index (χ0) is 18.3. The smallest absolute Gasteiger partial charge is 0.153 e. The van der Waals surface area contributed by atoms with Crippen molar-refractivity contribution in [2.24, 2.45) is 0 Å². The van der Waals surface area contributed by atoms with Gasteiger partial charge in [0.05, 0.1) is 16.5 Å². The summed E-state index contributed by atoms with van der Waals surface area (Å²) in [4.78, 5) is 16.1.